The quantitative estimate of drug-likeness (QED) is 0.633. The predicted octanol–water partition coefficient (Wildman–Crippen LogP) is 1.33. The van der Waals surface area contributed by atoms with Gasteiger partial charge in [0.05, 0.1) is 11.5 Å². The second-order valence-electron chi connectivity index (χ2n) is 4.19. The molecule has 0 radical (unpaired) electrons. The van der Waals surface area contributed by atoms with Crippen LogP contribution in [0.3, 0.4) is 0 Å². The number of nitrogens with one attached hydrogen (secondary N) is 1. The fourth-order valence-electron chi connectivity index (χ4n) is 1.76. The number of rotatable bonds is 6. The van der Waals surface area contributed by atoms with E-state index in [1.807, 2.05) is 0 Å². The van der Waals surface area contributed by atoms with Gasteiger partial charge in [0.2, 0.25) is 5.91 Å². The van der Waals surface area contributed by atoms with Crippen LogP contribution in [0.25, 0.3) is 0 Å². The van der Waals surface area contributed by atoms with Gasteiger partial charge in [0.25, 0.3) is 11.6 Å². The Morgan fingerprint density at radius 3 is 2.57 bits per heavy atom. The summed E-state index contributed by atoms with van der Waals surface area (Å²) in [6, 6.07) is 2.65. The lowest BCUT2D eigenvalue weighted by atomic mass is 10.1. The van der Waals surface area contributed by atoms with Gasteiger partial charge in [-0.2, -0.15) is 0 Å². The van der Waals surface area contributed by atoms with E-state index in [0.29, 0.717) is 6.54 Å². The summed E-state index contributed by atoms with van der Waals surface area (Å²) in [6.45, 7) is 3.70. The zero-order chi connectivity index (χ0) is 16.0. The molecule has 1 aromatic rings. The number of likely N-dealkylation sites (N-methyl/N-ethyl adjacent to an activating group) is 2. The lowest BCUT2D eigenvalue weighted by Gasteiger charge is -2.20. The highest BCUT2D eigenvalue weighted by Crippen LogP contribution is 2.21. The van der Waals surface area contributed by atoms with Gasteiger partial charge in [-0.05, 0) is 26.0 Å². The van der Waals surface area contributed by atoms with Crippen LogP contribution < -0.4 is 5.32 Å². The predicted molar refractivity (Wildman–Crippen MR) is 73.3 cm³/mol. The Labute approximate surface area is 120 Å². The summed E-state index contributed by atoms with van der Waals surface area (Å²) in [5.74, 6) is -1.89. The molecule has 21 heavy (non-hydrogen) atoms. The average Bonchev–Trinajstić information content (AvgIpc) is 2.43. The molecule has 1 N–H and O–H groups in total. The molecule has 0 saturated heterocycles. The molecular weight excluding hydrogens is 281 g/mol. The molecule has 1 rings (SSSR count). The van der Waals surface area contributed by atoms with Gasteiger partial charge < -0.3 is 10.2 Å². The van der Waals surface area contributed by atoms with Gasteiger partial charge >= 0.3 is 0 Å². The maximum atomic E-state index is 13.2. The Bertz CT molecular complexity index is 562. The number of amides is 2. The van der Waals surface area contributed by atoms with Crippen molar-refractivity contribution in [3.8, 4) is 0 Å². The SMILES string of the molecule is CCNC(=O)CN(CC)C(=O)c1cc(F)ccc1[N+](=O)[O-]. The summed E-state index contributed by atoms with van der Waals surface area (Å²) >= 11 is 0. The number of benzene rings is 1. The van der Waals surface area contributed by atoms with Crippen LogP contribution in [-0.2, 0) is 4.79 Å². The van der Waals surface area contributed by atoms with E-state index < -0.39 is 22.3 Å². The highest BCUT2D eigenvalue weighted by molar-refractivity contribution is 5.99. The average molecular weight is 297 g/mol. The van der Waals surface area contributed by atoms with Crippen molar-refractivity contribution < 1.29 is 18.9 Å². The van der Waals surface area contributed by atoms with E-state index >= 15 is 0 Å². The monoisotopic (exact) mass is 297 g/mol. The topological polar surface area (TPSA) is 92.6 Å². The summed E-state index contributed by atoms with van der Waals surface area (Å²) in [5, 5.41) is 13.4. The van der Waals surface area contributed by atoms with Crippen LogP contribution in [-0.4, -0.2) is 41.3 Å². The van der Waals surface area contributed by atoms with Crippen molar-refractivity contribution in [2.24, 2.45) is 0 Å². The number of hydrogen-bond acceptors (Lipinski definition) is 4. The molecule has 8 heteroatoms. The molecule has 0 aliphatic rings. The van der Waals surface area contributed by atoms with Crippen molar-refractivity contribution in [1.29, 1.82) is 0 Å². The normalized spacial score (nSPS) is 10.0. The van der Waals surface area contributed by atoms with Crippen molar-refractivity contribution in [2.45, 2.75) is 13.8 Å². The Morgan fingerprint density at radius 1 is 1.38 bits per heavy atom. The Balaban J connectivity index is 3.07. The van der Waals surface area contributed by atoms with Gasteiger partial charge in [0, 0.05) is 19.2 Å². The first kappa shape index (κ1) is 16.5. The Morgan fingerprint density at radius 2 is 2.05 bits per heavy atom. The zero-order valence-electron chi connectivity index (χ0n) is 11.8. The first-order valence-electron chi connectivity index (χ1n) is 6.40. The van der Waals surface area contributed by atoms with E-state index in [9.17, 15) is 24.1 Å². The molecule has 0 heterocycles. The zero-order valence-corrected chi connectivity index (χ0v) is 11.8. The van der Waals surface area contributed by atoms with Crippen molar-refractivity contribution in [2.75, 3.05) is 19.6 Å². The number of nitro groups is 1. The maximum absolute atomic E-state index is 13.2. The van der Waals surface area contributed by atoms with Gasteiger partial charge in [-0.25, -0.2) is 4.39 Å². The molecule has 0 atom stereocenters. The molecule has 0 spiro atoms. The summed E-state index contributed by atoms with van der Waals surface area (Å²) < 4.78 is 13.2. The largest absolute Gasteiger partial charge is 0.355 e. The molecule has 0 unspecified atom stereocenters. The number of nitro benzene ring substituents is 1. The number of hydrogen-bond donors (Lipinski definition) is 1. The minimum atomic E-state index is -0.757. The first-order valence-corrected chi connectivity index (χ1v) is 6.40. The van der Waals surface area contributed by atoms with E-state index in [0.717, 1.165) is 23.1 Å². The number of nitrogens with zero attached hydrogens (tertiary/aromatic N) is 2. The number of carbonyl (C=O) groups excluding carboxylic acids is 2. The van der Waals surface area contributed by atoms with Crippen LogP contribution in [0.1, 0.15) is 24.2 Å². The third-order valence-corrected chi connectivity index (χ3v) is 2.76. The third-order valence-electron chi connectivity index (χ3n) is 2.76. The lowest BCUT2D eigenvalue weighted by Crippen LogP contribution is -2.40. The molecular formula is C13H16FN3O4. The summed E-state index contributed by atoms with van der Waals surface area (Å²) in [5.41, 5.74) is -0.859. The molecule has 2 amide bonds. The molecule has 1 aromatic carbocycles. The highest BCUT2D eigenvalue weighted by atomic mass is 19.1. The van der Waals surface area contributed by atoms with E-state index in [2.05, 4.69) is 5.32 Å². The van der Waals surface area contributed by atoms with Crippen molar-refractivity contribution >= 4 is 17.5 Å². The molecule has 114 valence electrons. The van der Waals surface area contributed by atoms with Crippen LogP contribution in [0.15, 0.2) is 18.2 Å². The smallest absolute Gasteiger partial charge is 0.282 e. The maximum Gasteiger partial charge on any atom is 0.282 e. The van der Waals surface area contributed by atoms with Gasteiger partial charge in [0.1, 0.15) is 11.4 Å². The molecule has 0 aliphatic heterocycles. The molecule has 7 nitrogen and oxygen atoms in total. The fourth-order valence-corrected chi connectivity index (χ4v) is 1.76. The van der Waals surface area contributed by atoms with Crippen LogP contribution in [0, 0.1) is 15.9 Å². The van der Waals surface area contributed by atoms with E-state index in [-0.39, 0.29) is 24.6 Å². The van der Waals surface area contributed by atoms with E-state index in [4.69, 9.17) is 0 Å². The minimum absolute atomic E-state index is 0.170. The molecule has 0 aliphatic carbocycles. The molecule has 0 fully saturated rings. The number of halogens is 1. The van der Waals surface area contributed by atoms with Crippen molar-refractivity contribution in [1.82, 2.24) is 10.2 Å². The highest BCUT2D eigenvalue weighted by Gasteiger charge is 2.25. The van der Waals surface area contributed by atoms with E-state index in [1.54, 1.807) is 13.8 Å². The summed E-state index contributed by atoms with van der Waals surface area (Å²) in [6.07, 6.45) is 0. The van der Waals surface area contributed by atoms with Crippen LogP contribution in [0.4, 0.5) is 10.1 Å². The summed E-state index contributed by atoms with van der Waals surface area (Å²) in [4.78, 5) is 35.1. The van der Waals surface area contributed by atoms with Crippen LogP contribution >= 0.6 is 0 Å². The second kappa shape index (κ2) is 7.32. The standard InChI is InChI=1S/C13H16FN3O4/c1-3-15-12(18)8-16(4-2)13(19)10-7-9(14)5-6-11(10)17(20)21/h5-7H,3-4,8H2,1-2H3,(H,15,18). The Kier molecular flexibility index (Phi) is 5.77. The fraction of sp³-hybridized carbons (Fsp3) is 0.385. The second-order valence-corrected chi connectivity index (χ2v) is 4.19. The van der Waals surface area contributed by atoms with Gasteiger partial charge in [-0.3, -0.25) is 19.7 Å². The van der Waals surface area contributed by atoms with Crippen LogP contribution in [0.2, 0.25) is 0 Å². The van der Waals surface area contributed by atoms with Crippen molar-refractivity contribution in [3.63, 3.8) is 0 Å². The van der Waals surface area contributed by atoms with Gasteiger partial charge in [-0.15, -0.1) is 0 Å². The minimum Gasteiger partial charge on any atom is -0.355 e. The Hall–Kier alpha value is -2.51. The number of carbonyl (C=O) groups is 2. The third kappa shape index (κ3) is 4.23. The molecule has 0 saturated carbocycles. The summed E-state index contributed by atoms with van der Waals surface area (Å²) in [7, 11) is 0. The van der Waals surface area contributed by atoms with Crippen molar-refractivity contribution in [3.05, 3.63) is 39.7 Å². The van der Waals surface area contributed by atoms with Gasteiger partial charge in [0.15, 0.2) is 0 Å². The first-order chi connectivity index (χ1) is 9.90. The molecule has 0 aromatic heterocycles. The van der Waals surface area contributed by atoms with Crippen LogP contribution in [0.5, 0.6) is 0 Å². The van der Waals surface area contributed by atoms with Gasteiger partial charge in [-0.1, -0.05) is 0 Å². The lowest BCUT2D eigenvalue weighted by molar-refractivity contribution is -0.385. The molecule has 0 bridgehead atoms. The van der Waals surface area contributed by atoms with E-state index in [1.165, 1.54) is 0 Å².